The molecule has 0 atom stereocenters. The number of halogens is 1. The minimum atomic E-state index is 0.257. The minimum Gasteiger partial charge on any atom is -0.507 e. The maximum atomic E-state index is 9.26. The average Bonchev–Trinajstić information content (AvgIpc) is 1.98. The SMILES string of the molecule is CC=Cc1cc(Cl)ccc1O. The highest BCUT2D eigenvalue weighted by atomic mass is 35.5. The fraction of sp³-hybridized carbons (Fsp3) is 0.111. The Bertz CT molecular complexity index is 279. The molecule has 0 aliphatic heterocycles. The highest BCUT2D eigenvalue weighted by Crippen LogP contribution is 2.22. The van der Waals surface area contributed by atoms with Crippen LogP contribution in [0, 0.1) is 0 Å². The fourth-order valence-corrected chi connectivity index (χ4v) is 1.02. The summed E-state index contributed by atoms with van der Waals surface area (Å²) >= 11 is 5.71. The molecule has 0 amide bonds. The highest BCUT2D eigenvalue weighted by Gasteiger charge is 1.96. The van der Waals surface area contributed by atoms with Gasteiger partial charge < -0.3 is 5.11 Å². The summed E-state index contributed by atoms with van der Waals surface area (Å²) in [7, 11) is 0. The van der Waals surface area contributed by atoms with Crippen molar-refractivity contribution in [1.82, 2.24) is 0 Å². The molecule has 1 rings (SSSR count). The van der Waals surface area contributed by atoms with Gasteiger partial charge in [0.1, 0.15) is 5.75 Å². The Hall–Kier alpha value is -0.950. The molecular weight excluding hydrogens is 160 g/mol. The molecule has 0 aromatic heterocycles. The molecule has 0 unspecified atom stereocenters. The molecule has 0 bridgehead atoms. The number of aromatic hydroxyl groups is 1. The molecular formula is C9H9ClO. The lowest BCUT2D eigenvalue weighted by Crippen LogP contribution is -1.73. The van der Waals surface area contributed by atoms with Crippen molar-refractivity contribution in [3.8, 4) is 5.75 Å². The minimum absolute atomic E-state index is 0.257. The van der Waals surface area contributed by atoms with Crippen LogP contribution in [0.25, 0.3) is 6.08 Å². The summed E-state index contributed by atoms with van der Waals surface area (Å²) in [5.41, 5.74) is 0.750. The molecule has 2 heteroatoms. The Labute approximate surface area is 70.9 Å². The van der Waals surface area contributed by atoms with E-state index >= 15 is 0 Å². The number of phenolic OH excluding ortho intramolecular Hbond substituents is 1. The van der Waals surface area contributed by atoms with Crippen molar-refractivity contribution in [2.45, 2.75) is 6.92 Å². The van der Waals surface area contributed by atoms with Gasteiger partial charge in [-0.05, 0) is 25.1 Å². The number of benzene rings is 1. The van der Waals surface area contributed by atoms with E-state index in [2.05, 4.69) is 0 Å². The van der Waals surface area contributed by atoms with E-state index in [1.807, 2.05) is 13.0 Å². The Morgan fingerprint density at radius 3 is 2.82 bits per heavy atom. The summed E-state index contributed by atoms with van der Waals surface area (Å²) in [4.78, 5) is 0. The zero-order valence-electron chi connectivity index (χ0n) is 6.21. The van der Waals surface area contributed by atoms with Gasteiger partial charge in [-0.25, -0.2) is 0 Å². The van der Waals surface area contributed by atoms with Gasteiger partial charge in [-0.3, -0.25) is 0 Å². The lowest BCUT2D eigenvalue weighted by Gasteiger charge is -1.97. The molecule has 0 spiro atoms. The van der Waals surface area contributed by atoms with Gasteiger partial charge in [0.25, 0.3) is 0 Å². The molecule has 1 aromatic carbocycles. The predicted octanol–water partition coefficient (Wildman–Crippen LogP) is 3.08. The first-order chi connectivity index (χ1) is 5.24. The first-order valence-corrected chi connectivity index (χ1v) is 3.73. The number of hydrogen-bond donors (Lipinski definition) is 1. The van der Waals surface area contributed by atoms with Gasteiger partial charge >= 0.3 is 0 Å². The van der Waals surface area contributed by atoms with Crippen LogP contribution in [0.15, 0.2) is 24.3 Å². The Kier molecular flexibility index (Phi) is 2.55. The van der Waals surface area contributed by atoms with Crippen molar-refractivity contribution in [3.63, 3.8) is 0 Å². The summed E-state index contributed by atoms with van der Waals surface area (Å²) in [6, 6.07) is 4.96. The van der Waals surface area contributed by atoms with Crippen LogP contribution in [0.2, 0.25) is 5.02 Å². The van der Waals surface area contributed by atoms with Crippen molar-refractivity contribution in [2.24, 2.45) is 0 Å². The third-order valence-electron chi connectivity index (χ3n) is 1.34. The van der Waals surface area contributed by atoms with Gasteiger partial charge in [0.15, 0.2) is 0 Å². The third kappa shape index (κ3) is 1.99. The molecule has 1 aromatic rings. The van der Waals surface area contributed by atoms with E-state index < -0.39 is 0 Å². The van der Waals surface area contributed by atoms with E-state index in [9.17, 15) is 5.11 Å². The second kappa shape index (κ2) is 3.44. The molecule has 0 radical (unpaired) electrons. The molecule has 0 fully saturated rings. The lowest BCUT2D eigenvalue weighted by molar-refractivity contribution is 0.474. The molecule has 58 valence electrons. The molecule has 0 aliphatic rings. The summed E-state index contributed by atoms with van der Waals surface area (Å²) in [6.45, 7) is 1.89. The third-order valence-corrected chi connectivity index (χ3v) is 1.57. The van der Waals surface area contributed by atoms with Crippen molar-refractivity contribution in [1.29, 1.82) is 0 Å². The van der Waals surface area contributed by atoms with E-state index in [1.54, 1.807) is 24.3 Å². The Balaban J connectivity index is 3.12. The fourth-order valence-electron chi connectivity index (χ4n) is 0.838. The topological polar surface area (TPSA) is 20.2 Å². The van der Waals surface area contributed by atoms with Gasteiger partial charge in [0.2, 0.25) is 0 Å². The number of rotatable bonds is 1. The van der Waals surface area contributed by atoms with Crippen LogP contribution < -0.4 is 0 Å². The number of hydrogen-bond acceptors (Lipinski definition) is 1. The van der Waals surface area contributed by atoms with Gasteiger partial charge in [-0.1, -0.05) is 23.8 Å². The van der Waals surface area contributed by atoms with Gasteiger partial charge in [0, 0.05) is 10.6 Å². The largest absolute Gasteiger partial charge is 0.507 e. The van der Waals surface area contributed by atoms with E-state index in [4.69, 9.17) is 11.6 Å². The summed E-state index contributed by atoms with van der Waals surface area (Å²) in [5.74, 6) is 0.257. The maximum absolute atomic E-state index is 9.26. The summed E-state index contributed by atoms with van der Waals surface area (Å²) < 4.78 is 0. The number of phenols is 1. The first kappa shape index (κ1) is 8.15. The van der Waals surface area contributed by atoms with E-state index in [0.29, 0.717) is 5.02 Å². The van der Waals surface area contributed by atoms with Crippen LogP contribution in [0.5, 0.6) is 5.75 Å². The average molecular weight is 169 g/mol. The molecule has 0 aliphatic carbocycles. The van der Waals surface area contributed by atoms with Crippen LogP contribution in [-0.4, -0.2) is 5.11 Å². The monoisotopic (exact) mass is 168 g/mol. The summed E-state index contributed by atoms with van der Waals surface area (Å²) in [6.07, 6.45) is 3.66. The quantitative estimate of drug-likeness (QED) is 0.684. The molecule has 1 N–H and O–H groups in total. The molecule has 11 heavy (non-hydrogen) atoms. The van der Waals surface area contributed by atoms with Crippen molar-refractivity contribution >= 4 is 17.7 Å². The second-order valence-corrected chi connectivity index (χ2v) is 2.64. The van der Waals surface area contributed by atoms with Crippen LogP contribution in [0.4, 0.5) is 0 Å². The van der Waals surface area contributed by atoms with Crippen LogP contribution in [0.1, 0.15) is 12.5 Å². The van der Waals surface area contributed by atoms with Gasteiger partial charge in [-0.2, -0.15) is 0 Å². The van der Waals surface area contributed by atoms with E-state index in [-0.39, 0.29) is 5.75 Å². The molecule has 0 saturated heterocycles. The normalized spacial score (nSPS) is 10.7. The van der Waals surface area contributed by atoms with Crippen LogP contribution in [0.3, 0.4) is 0 Å². The van der Waals surface area contributed by atoms with Crippen LogP contribution >= 0.6 is 11.6 Å². The lowest BCUT2D eigenvalue weighted by atomic mass is 10.2. The first-order valence-electron chi connectivity index (χ1n) is 3.35. The van der Waals surface area contributed by atoms with Gasteiger partial charge in [-0.15, -0.1) is 0 Å². The smallest absolute Gasteiger partial charge is 0.122 e. The van der Waals surface area contributed by atoms with Crippen molar-refractivity contribution in [3.05, 3.63) is 34.9 Å². The van der Waals surface area contributed by atoms with Crippen molar-refractivity contribution < 1.29 is 5.11 Å². The van der Waals surface area contributed by atoms with Crippen molar-refractivity contribution in [2.75, 3.05) is 0 Å². The predicted molar refractivity (Wildman–Crippen MR) is 47.8 cm³/mol. The highest BCUT2D eigenvalue weighted by molar-refractivity contribution is 6.30. The van der Waals surface area contributed by atoms with E-state index in [0.717, 1.165) is 5.56 Å². The second-order valence-electron chi connectivity index (χ2n) is 2.20. The van der Waals surface area contributed by atoms with E-state index in [1.165, 1.54) is 0 Å². The van der Waals surface area contributed by atoms with Crippen LogP contribution in [-0.2, 0) is 0 Å². The maximum Gasteiger partial charge on any atom is 0.122 e. The van der Waals surface area contributed by atoms with Gasteiger partial charge in [0.05, 0.1) is 0 Å². The Morgan fingerprint density at radius 1 is 1.45 bits per heavy atom. The number of allylic oxidation sites excluding steroid dienone is 1. The summed E-state index contributed by atoms with van der Waals surface area (Å²) in [5, 5.41) is 9.89. The molecule has 1 nitrogen and oxygen atoms in total. The Morgan fingerprint density at radius 2 is 2.18 bits per heavy atom. The zero-order valence-corrected chi connectivity index (χ0v) is 6.97. The molecule has 0 saturated carbocycles. The standard InChI is InChI=1S/C9H9ClO/c1-2-3-7-6-8(10)4-5-9(7)11/h2-6,11H,1H3. The zero-order chi connectivity index (χ0) is 8.27. The molecule has 0 heterocycles.